The summed E-state index contributed by atoms with van der Waals surface area (Å²) in [6, 6.07) is 12.0. The average molecular weight is 348 g/mol. The fraction of sp³-hybridized carbons (Fsp3) is 0.235. The lowest BCUT2D eigenvalue weighted by Crippen LogP contribution is -2.30. The van der Waals surface area contributed by atoms with Crippen LogP contribution in [-0.4, -0.2) is 36.8 Å². The molecular formula is C17H20N2O4S. The second kappa shape index (κ2) is 7.46. The van der Waals surface area contributed by atoms with Crippen LogP contribution >= 0.6 is 0 Å². The smallest absolute Gasteiger partial charge is 0.255 e. The standard InChI is InChI=1S/C17H20N2O4S/c1-3-19(4-2)24(22,23)16-7-5-6-13(12-16)17(21)18-14-8-10-15(20)11-9-14/h5-12,20H,3-4H2,1-2H3,(H,18,21). The van der Waals surface area contributed by atoms with Crippen molar-refractivity contribution in [3.05, 3.63) is 54.1 Å². The number of hydrogen-bond donors (Lipinski definition) is 2. The second-order valence-electron chi connectivity index (χ2n) is 5.12. The Morgan fingerprint density at radius 1 is 1.08 bits per heavy atom. The molecule has 0 aliphatic carbocycles. The van der Waals surface area contributed by atoms with Gasteiger partial charge in [0.25, 0.3) is 5.91 Å². The number of rotatable bonds is 6. The number of nitrogens with zero attached hydrogens (tertiary/aromatic N) is 1. The lowest BCUT2D eigenvalue weighted by molar-refractivity contribution is 0.102. The summed E-state index contributed by atoms with van der Waals surface area (Å²) < 4.78 is 26.4. The molecule has 128 valence electrons. The van der Waals surface area contributed by atoms with Crippen molar-refractivity contribution in [3.8, 4) is 5.75 Å². The van der Waals surface area contributed by atoms with Crippen LogP contribution in [0.15, 0.2) is 53.4 Å². The van der Waals surface area contributed by atoms with Gasteiger partial charge in [-0.15, -0.1) is 0 Å². The van der Waals surface area contributed by atoms with Crippen LogP contribution in [0.4, 0.5) is 5.69 Å². The van der Waals surface area contributed by atoms with E-state index in [1.165, 1.54) is 28.6 Å². The first-order valence-corrected chi connectivity index (χ1v) is 9.03. The fourth-order valence-corrected chi connectivity index (χ4v) is 3.76. The molecule has 0 saturated carbocycles. The molecule has 0 aromatic heterocycles. The van der Waals surface area contributed by atoms with Crippen LogP contribution in [0, 0.1) is 0 Å². The van der Waals surface area contributed by atoms with E-state index in [1.807, 2.05) is 0 Å². The molecule has 1 amide bonds. The minimum Gasteiger partial charge on any atom is -0.508 e. The first-order chi connectivity index (χ1) is 11.4. The van der Waals surface area contributed by atoms with Gasteiger partial charge in [0.1, 0.15) is 5.75 Å². The number of phenols is 1. The van der Waals surface area contributed by atoms with E-state index >= 15 is 0 Å². The molecule has 24 heavy (non-hydrogen) atoms. The van der Waals surface area contributed by atoms with E-state index in [0.717, 1.165) is 0 Å². The summed E-state index contributed by atoms with van der Waals surface area (Å²) in [6.07, 6.45) is 0. The fourth-order valence-electron chi connectivity index (χ4n) is 2.26. The van der Waals surface area contributed by atoms with Crippen molar-refractivity contribution in [3.63, 3.8) is 0 Å². The summed E-state index contributed by atoms with van der Waals surface area (Å²) in [7, 11) is -3.62. The van der Waals surface area contributed by atoms with E-state index in [2.05, 4.69) is 5.32 Å². The highest BCUT2D eigenvalue weighted by Gasteiger charge is 2.22. The third-order valence-electron chi connectivity index (χ3n) is 3.56. The van der Waals surface area contributed by atoms with Gasteiger partial charge in [0.2, 0.25) is 10.0 Å². The van der Waals surface area contributed by atoms with E-state index in [-0.39, 0.29) is 16.2 Å². The van der Waals surface area contributed by atoms with Crippen LogP contribution in [0.5, 0.6) is 5.75 Å². The van der Waals surface area contributed by atoms with Gasteiger partial charge in [-0.05, 0) is 42.5 Å². The minimum absolute atomic E-state index is 0.0876. The van der Waals surface area contributed by atoms with Crippen LogP contribution in [-0.2, 0) is 10.0 Å². The molecule has 2 rings (SSSR count). The SMILES string of the molecule is CCN(CC)S(=O)(=O)c1cccc(C(=O)Nc2ccc(O)cc2)c1. The zero-order chi connectivity index (χ0) is 17.7. The van der Waals surface area contributed by atoms with E-state index in [1.54, 1.807) is 38.1 Å². The molecule has 7 heteroatoms. The summed E-state index contributed by atoms with van der Waals surface area (Å²) >= 11 is 0. The number of anilines is 1. The van der Waals surface area contributed by atoms with Crippen molar-refractivity contribution in [2.24, 2.45) is 0 Å². The number of benzene rings is 2. The Bertz CT molecular complexity index is 813. The number of carbonyl (C=O) groups excluding carboxylic acids is 1. The second-order valence-corrected chi connectivity index (χ2v) is 7.06. The molecule has 0 fully saturated rings. The Balaban J connectivity index is 2.26. The monoisotopic (exact) mass is 348 g/mol. The number of hydrogen-bond acceptors (Lipinski definition) is 4. The van der Waals surface area contributed by atoms with E-state index in [4.69, 9.17) is 0 Å². The number of nitrogens with one attached hydrogen (secondary N) is 1. The minimum atomic E-state index is -3.62. The lowest BCUT2D eigenvalue weighted by atomic mass is 10.2. The van der Waals surface area contributed by atoms with Crippen molar-refractivity contribution >= 4 is 21.6 Å². The molecule has 0 aliphatic heterocycles. The molecule has 0 atom stereocenters. The molecule has 2 aromatic rings. The van der Waals surface area contributed by atoms with E-state index in [9.17, 15) is 18.3 Å². The number of sulfonamides is 1. The van der Waals surface area contributed by atoms with Gasteiger partial charge in [-0.2, -0.15) is 4.31 Å². The van der Waals surface area contributed by atoms with Crippen molar-refractivity contribution in [2.75, 3.05) is 18.4 Å². The molecule has 0 bridgehead atoms. The molecule has 6 nitrogen and oxygen atoms in total. The quantitative estimate of drug-likeness (QED) is 0.786. The van der Waals surface area contributed by atoms with Crippen molar-refractivity contribution in [2.45, 2.75) is 18.7 Å². The summed E-state index contributed by atoms with van der Waals surface area (Å²) in [6.45, 7) is 4.26. The largest absolute Gasteiger partial charge is 0.508 e. The van der Waals surface area contributed by atoms with Crippen molar-refractivity contribution < 1.29 is 18.3 Å². The Morgan fingerprint density at radius 3 is 2.29 bits per heavy atom. The lowest BCUT2D eigenvalue weighted by Gasteiger charge is -2.18. The molecular weight excluding hydrogens is 328 g/mol. The number of amides is 1. The van der Waals surface area contributed by atoms with Crippen LogP contribution in [0.2, 0.25) is 0 Å². The molecule has 2 aromatic carbocycles. The predicted octanol–water partition coefficient (Wildman–Crippen LogP) is 2.68. The van der Waals surface area contributed by atoms with Crippen molar-refractivity contribution in [1.29, 1.82) is 0 Å². The summed E-state index contributed by atoms with van der Waals surface area (Å²) in [5.41, 5.74) is 0.756. The number of aromatic hydroxyl groups is 1. The molecule has 0 saturated heterocycles. The maximum Gasteiger partial charge on any atom is 0.255 e. The Labute approximate surface area is 141 Å². The summed E-state index contributed by atoms with van der Waals surface area (Å²) in [5.74, 6) is -0.322. The maximum absolute atomic E-state index is 12.5. The topological polar surface area (TPSA) is 86.7 Å². The summed E-state index contributed by atoms with van der Waals surface area (Å²) in [5, 5.41) is 11.9. The van der Waals surface area contributed by atoms with Gasteiger partial charge in [0, 0.05) is 24.3 Å². The van der Waals surface area contributed by atoms with Crippen LogP contribution in [0.25, 0.3) is 0 Å². The van der Waals surface area contributed by atoms with Gasteiger partial charge in [-0.25, -0.2) is 8.42 Å². The maximum atomic E-state index is 12.5. The highest BCUT2D eigenvalue weighted by molar-refractivity contribution is 7.89. The van der Waals surface area contributed by atoms with Crippen LogP contribution in [0.1, 0.15) is 24.2 Å². The van der Waals surface area contributed by atoms with E-state index < -0.39 is 15.9 Å². The molecule has 0 heterocycles. The molecule has 0 aliphatic rings. The third-order valence-corrected chi connectivity index (χ3v) is 5.61. The van der Waals surface area contributed by atoms with Gasteiger partial charge in [-0.1, -0.05) is 19.9 Å². The molecule has 0 radical (unpaired) electrons. The Kier molecular flexibility index (Phi) is 5.58. The molecule has 0 unspecified atom stereocenters. The molecule has 0 spiro atoms. The normalized spacial score (nSPS) is 11.5. The van der Waals surface area contributed by atoms with Crippen LogP contribution < -0.4 is 5.32 Å². The van der Waals surface area contributed by atoms with Gasteiger partial charge < -0.3 is 10.4 Å². The van der Waals surface area contributed by atoms with Gasteiger partial charge in [-0.3, -0.25) is 4.79 Å². The first kappa shape index (κ1) is 18.0. The highest BCUT2D eigenvalue weighted by Crippen LogP contribution is 2.19. The first-order valence-electron chi connectivity index (χ1n) is 7.59. The van der Waals surface area contributed by atoms with Crippen molar-refractivity contribution in [1.82, 2.24) is 4.31 Å². The number of phenolic OH excluding ortho intramolecular Hbond substituents is 1. The van der Waals surface area contributed by atoms with Gasteiger partial charge in [0.15, 0.2) is 0 Å². The Morgan fingerprint density at radius 2 is 1.71 bits per heavy atom. The predicted molar refractivity (Wildman–Crippen MR) is 92.6 cm³/mol. The van der Waals surface area contributed by atoms with Gasteiger partial charge >= 0.3 is 0 Å². The number of carbonyl (C=O) groups is 1. The van der Waals surface area contributed by atoms with Crippen LogP contribution in [0.3, 0.4) is 0 Å². The average Bonchev–Trinajstić information content (AvgIpc) is 2.58. The third kappa shape index (κ3) is 3.93. The summed E-state index contributed by atoms with van der Waals surface area (Å²) in [4.78, 5) is 12.4. The zero-order valence-electron chi connectivity index (χ0n) is 13.6. The Hall–Kier alpha value is -2.38. The molecule has 2 N–H and O–H groups in total. The van der Waals surface area contributed by atoms with E-state index in [0.29, 0.717) is 18.8 Å². The zero-order valence-corrected chi connectivity index (χ0v) is 14.4. The van der Waals surface area contributed by atoms with Gasteiger partial charge in [0.05, 0.1) is 4.90 Å². The highest BCUT2D eigenvalue weighted by atomic mass is 32.2.